The molecule has 1 aromatic rings. The summed E-state index contributed by atoms with van der Waals surface area (Å²) in [6, 6.07) is 3.66. The summed E-state index contributed by atoms with van der Waals surface area (Å²) in [5.41, 5.74) is 0. The number of nitrogens with zero attached hydrogens (tertiary/aromatic N) is 1. The van der Waals surface area contributed by atoms with Crippen molar-refractivity contribution in [2.24, 2.45) is 0 Å². The second kappa shape index (κ2) is 1.65. The molecule has 0 saturated carbocycles. The zero-order chi connectivity index (χ0) is 5.11. The highest BCUT2D eigenvalue weighted by atomic mass is 14.9. The van der Waals surface area contributed by atoms with Crippen molar-refractivity contribution >= 4 is 6.20 Å². The van der Waals surface area contributed by atoms with Crippen LogP contribution in [0.25, 0.3) is 6.20 Å². The number of hydrogen-bond acceptors (Lipinski definition) is 0. The second-order valence-electron chi connectivity index (χ2n) is 1.19. The first kappa shape index (κ1) is 4.19. The van der Waals surface area contributed by atoms with Gasteiger partial charge in [-0.15, -0.1) is 0 Å². The summed E-state index contributed by atoms with van der Waals surface area (Å²) in [4.78, 5) is 0. The van der Waals surface area contributed by atoms with E-state index in [2.05, 4.69) is 6.20 Å². The molecule has 1 rings (SSSR count). The molecule has 34 valence electrons. The van der Waals surface area contributed by atoms with Gasteiger partial charge in [0.2, 0.25) is 0 Å². The Labute approximate surface area is 42.9 Å². The molecule has 0 unspecified atom stereocenters. The summed E-state index contributed by atoms with van der Waals surface area (Å²) in [7, 11) is 0. The van der Waals surface area contributed by atoms with Gasteiger partial charge in [-0.05, 0) is 18.7 Å². The van der Waals surface area contributed by atoms with Crippen LogP contribution in [-0.2, 0) is 0 Å². The molecule has 0 aliphatic carbocycles. The molecule has 0 bridgehead atoms. The van der Waals surface area contributed by atoms with Crippen LogP contribution in [0, 0.1) is 12.8 Å². The Balaban J connectivity index is 2.96. The Morgan fingerprint density at radius 2 is 2.57 bits per heavy atom. The molecule has 0 N–H and O–H groups in total. The molecule has 0 atom stereocenters. The monoisotopic (exact) mass is 91.0 g/mol. The molecule has 7 heavy (non-hydrogen) atoms. The summed E-state index contributed by atoms with van der Waals surface area (Å²) >= 11 is 0. The minimum Gasteiger partial charge on any atom is -0.322 e. The highest BCUT2D eigenvalue weighted by Crippen LogP contribution is 1.85. The molecule has 0 aromatic carbocycles. The lowest BCUT2D eigenvalue weighted by Gasteiger charge is -1.81. The molecule has 0 aliphatic heterocycles. The maximum atomic E-state index is 5.10. The first-order valence-corrected chi connectivity index (χ1v) is 2.03. The van der Waals surface area contributed by atoms with Crippen LogP contribution in [0.3, 0.4) is 0 Å². The van der Waals surface area contributed by atoms with Crippen molar-refractivity contribution in [1.82, 2.24) is 4.57 Å². The van der Waals surface area contributed by atoms with Crippen molar-refractivity contribution in [2.75, 3.05) is 0 Å². The Morgan fingerprint density at radius 3 is 2.86 bits per heavy atom. The zero-order valence-corrected chi connectivity index (χ0v) is 3.83. The van der Waals surface area contributed by atoms with E-state index < -0.39 is 0 Å². The Morgan fingerprint density at radius 1 is 1.71 bits per heavy atom. The van der Waals surface area contributed by atoms with Crippen molar-refractivity contribution in [3.63, 3.8) is 0 Å². The normalized spacial score (nSPS) is 8.57. The summed E-state index contributed by atoms with van der Waals surface area (Å²) in [5.74, 6) is 0. The predicted molar refractivity (Wildman–Crippen MR) is 28.3 cm³/mol. The largest absolute Gasteiger partial charge is 0.322 e. The topological polar surface area (TPSA) is 4.93 Å². The van der Waals surface area contributed by atoms with E-state index in [1.54, 1.807) is 10.6 Å². The van der Waals surface area contributed by atoms with Crippen molar-refractivity contribution in [3.05, 3.63) is 31.1 Å². The zero-order valence-electron chi connectivity index (χ0n) is 3.83. The molecule has 0 fully saturated rings. The lowest BCUT2D eigenvalue weighted by atomic mass is 10.7. The first-order valence-electron chi connectivity index (χ1n) is 2.03. The SMILES string of the molecule is [CH]=Cn1[c]ccc1. The predicted octanol–water partition coefficient (Wildman–Crippen LogP) is 1.19. The lowest BCUT2D eigenvalue weighted by molar-refractivity contribution is 1.16. The average Bonchev–Trinajstić information content (AvgIpc) is 2.14. The molecular weight excluding hydrogens is 86.1 g/mol. The van der Waals surface area contributed by atoms with Crippen molar-refractivity contribution in [3.8, 4) is 0 Å². The van der Waals surface area contributed by atoms with Gasteiger partial charge in [0.1, 0.15) is 0 Å². The van der Waals surface area contributed by atoms with E-state index in [1.807, 2.05) is 12.3 Å². The van der Waals surface area contributed by atoms with Crippen LogP contribution in [0.15, 0.2) is 18.3 Å². The van der Waals surface area contributed by atoms with Crippen LogP contribution in [0.2, 0.25) is 0 Å². The van der Waals surface area contributed by atoms with E-state index in [0.717, 1.165) is 0 Å². The third kappa shape index (κ3) is 0.712. The average molecular weight is 91.1 g/mol. The fourth-order valence-electron chi connectivity index (χ4n) is 0.401. The van der Waals surface area contributed by atoms with Crippen LogP contribution in [0.5, 0.6) is 0 Å². The Kier molecular flexibility index (Phi) is 0.984. The molecular formula is C6H5N. The summed E-state index contributed by atoms with van der Waals surface area (Å²) < 4.78 is 1.65. The molecule has 0 saturated heterocycles. The Hall–Kier alpha value is -0.980. The van der Waals surface area contributed by atoms with E-state index in [4.69, 9.17) is 6.58 Å². The van der Waals surface area contributed by atoms with Crippen LogP contribution >= 0.6 is 0 Å². The third-order valence-corrected chi connectivity index (χ3v) is 0.727. The van der Waals surface area contributed by atoms with Crippen LogP contribution in [-0.4, -0.2) is 4.57 Å². The fraction of sp³-hybridized carbons (Fsp3) is 0. The minimum absolute atomic E-state index is 1.44. The van der Waals surface area contributed by atoms with Gasteiger partial charge in [0, 0.05) is 12.4 Å². The van der Waals surface area contributed by atoms with E-state index in [9.17, 15) is 0 Å². The van der Waals surface area contributed by atoms with Crippen molar-refractivity contribution in [2.45, 2.75) is 0 Å². The molecule has 0 aliphatic rings. The molecule has 1 heteroatoms. The quantitative estimate of drug-likeness (QED) is 0.489. The summed E-state index contributed by atoms with van der Waals surface area (Å²) in [5, 5.41) is 0. The molecule has 2 radical (unpaired) electrons. The number of aromatic nitrogens is 1. The van der Waals surface area contributed by atoms with Crippen LogP contribution in [0.4, 0.5) is 0 Å². The van der Waals surface area contributed by atoms with Gasteiger partial charge < -0.3 is 4.57 Å². The lowest BCUT2D eigenvalue weighted by Crippen LogP contribution is -1.73. The van der Waals surface area contributed by atoms with Gasteiger partial charge in [0.05, 0.1) is 6.20 Å². The molecule has 1 nitrogen and oxygen atoms in total. The Bertz CT molecular complexity index is 139. The van der Waals surface area contributed by atoms with Gasteiger partial charge in [-0.2, -0.15) is 0 Å². The van der Waals surface area contributed by atoms with E-state index in [1.165, 1.54) is 6.20 Å². The molecule has 0 spiro atoms. The summed E-state index contributed by atoms with van der Waals surface area (Å²) in [6.45, 7) is 5.10. The molecule has 0 amide bonds. The molecule has 1 heterocycles. The van der Waals surface area contributed by atoms with Gasteiger partial charge in [0.25, 0.3) is 0 Å². The summed E-state index contributed by atoms with van der Waals surface area (Å²) in [6.07, 6.45) is 6.09. The van der Waals surface area contributed by atoms with E-state index in [0.29, 0.717) is 0 Å². The maximum Gasteiger partial charge on any atom is 0.0692 e. The van der Waals surface area contributed by atoms with E-state index >= 15 is 0 Å². The van der Waals surface area contributed by atoms with Gasteiger partial charge in [0.15, 0.2) is 0 Å². The second-order valence-corrected chi connectivity index (χ2v) is 1.19. The molecule has 1 aromatic heterocycles. The van der Waals surface area contributed by atoms with Gasteiger partial charge >= 0.3 is 0 Å². The minimum atomic E-state index is 1.44. The highest BCUT2D eigenvalue weighted by molar-refractivity contribution is 5.14. The third-order valence-electron chi connectivity index (χ3n) is 0.727. The van der Waals surface area contributed by atoms with Crippen molar-refractivity contribution in [1.29, 1.82) is 0 Å². The van der Waals surface area contributed by atoms with E-state index in [-0.39, 0.29) is 0 Å². The van der Waals surface area contributed by atoms with Crippen molar-refractivity contribution < 1.29 is 0 Å². The number of hydrogen-bond donors (Lipinski definition) is 0. The first-order chi connectivity index (χ1) is 3.43. The highest BCUT2D eigenvalue weighted by Gasteiger charge is 1.73. The van der Waals surface area contributed by atoms with Gasteiger partial charge in [-0.25, -0.2) is 0 Å². The fourth-order valence-corrected chi connectivity index (χ4v) is 0.401. The van der Waals surface area contributed by atoms with Crippen LogP contribution in [0.1, 0.15) is 0 Å². The van der Waals surface area contributed by atoms with Gasteiger partial charge in [-0.3, -0.25) is 0 Å². The maximum absolute atomic E-state index is 5.10. The number of rotatable bonds is 1. The van der Waals surface area contributed by atoms with Crippen LogP contribution < -0.4 is 0 Å². The smallest absolute Gasteiger partial charge is 0.0692 e. The standard InChI is InChI=1S/C6H5N/c1-2-7-5-3-4-6-7/h1-5H. The van der Waals surface area contributed by atoms with Gasteiger partial charge in [-0.1, -0.05) is 0 Å².